The molecule has 0 aliphatic carbocycles. The third-order valence-corrected chi connectivity index (χ3v) is 6.10. The zero-order chi connectivity index (χ0) is 24.0. The Bertz CT molecular complexity index is 1520. The van der Waals surface area contributed by atoms with Crippen LogP contribution >= 0.6 is 11.6 Å². The number of rotatable bonds is 4. The van der Waals surface area contributed by atoms with E-state index in [-0.39, 0.29) is 45.4 Å². The van der Waals surface area contributed by atoms with Gasteiger partial charge >= 0.3 is 5.97 Å². The smallest absolute Gasteiger partial charge is 0.312 e. The van der Waals surface area contributed by atoms with Crippen molar-refractivity contribution >= 4 is 34.3 Å². The summed E-state index contributed by atoms with van der Waals surface area (Å²) >= 11 is 5.91. The predicted octanol–water partition coefficient (Wildman–Crippen LogP) is 4.83. The molecule has 0 fully saturated rings. The molecule has 34 heavy (non-hydrogen) atoms. The molecule has 0 spiro atoms. The number of carbonyl (C=O) groups is 2. The molecule has 1 aliphatic rings. The minimum Gasteiger partial charge on any atom is -0.507 e. The van der Waals surface area contributed by atoms with E-state index in [1.807, 2.05) is 0 Å². The third-order valence-electron chi connectivity index (χ3n) is 5.85. The van der Waals surface area contributed by atoms with E-state index in [1.165, 1.54) is 25.5 Å². The first-order valence-corrected chi connectivity index (χ1v) is 10.7. The fourth-order valence-corrected chi connectivity index (χ4v) is 4.27. The van der Waals surface area contributed by atoms with Crippen LogP contribution in [0.15, 0.2) is 70.1 Å². The van der Waals surface area contributed by atoms with E-state index >= 15 is 0 Å². The highest BCUT2D eigenvalue weighted by Gasteiger charge is 2.35. The van der Waals surface area contributed by atoms with Crippen LogP contribution in [-0.2, 0) is 4.79 Å². The average Bonchev–Trinajstić information content (AvgIpc) is 2.84. The van der Waals surface area contributed by atoms with Crippen LogP contribution < -0.4 is 14.9 Å². The fourth-order valence-electron chi connectivity index (χ4n) is 4.15. The number of hydrogen-bond donors (Lipinski definition) is 1. The molecule has 170 valence electrons. The average molecular weight is 477 g/mol. The van der Waals surface area contributed by atoms with E-state index in [4.69, 9.17) is 25.5 Å². The van der Waals surface area contributed by atoms with Crippen molar-refractivity contribution < 1.29 is 28.6 Å². The maximum absolute atomic E-state index is 13.4. The van der Waals surface area contributed by atoms with Crippen molar-refractivity contribution in [3.05, 3.63) is 98.4 Å². The predicted molar refractivity (Wildman–Crippen MR) is 124 cm³/mol. The number of carbonyl (C=O) groups excluding carboxylic acids is 2. The van der Waals surface area contributed by atoms with Gasteiger partial charge in [0.1, 0.15) is 22.8 Å². The number of phenols is 1. The van der Waals surface area contributed by atoms with Gasteiger partial charge in [0.05, 0.1) is 30.7 Å². The molecule has 5 rings (SSSR count). The minimum absolute atomic E-state index is 0.0101. The van der Waals surface area contributed by atoms with Gasteiger partial charge in [0.2, 0.25) is 0 Å². The molecular weight excluding hydrogens is 460 g/mol. The summed E-state index contributed by atoms with van der Waals surface area (Å²) < 4.78 is 16.2. The van der Waals surface area contributed by atoms with Crippen LogP contribution in [0.3, 0.4) is 0 Å². The van der Waals surface area contributed by atoms with Gasteiger partial charge < -0.3 is 19.0 Å². The number of methoxy groups -OCH3 is 1. The number of benzene rings is 3. The number of esters is 1. The lowest BCUT2D eigenvalue weighted by Crippen LogP contribution is -2.25. The summed E-state index contributed by atoms with van der Waals surface area (Å²) in [5.74, 6) is -1.70. The number of ether oxygens (including phenoxy) is 2. The van der Waals surface area contributed by atoms with Crippen molar-refractivity contribution in [1.29, 1.82) is 0 Å². The second kappa shape index (κ2) is 8.35. The molecule has 0 amide bonds. The van der Waals surface area contributed by atoms with E-state index in [0.717, 1.165) is 0 Å². The zero-order valence-electron chi connectivity index (χ0n) is 17.8. The van der Waals surface area contributed by atoms with E-state index in [9.17, 15) is 19.5 Å². The van der Waals surface area contributed by atoms with Gasteiger partial charge in [-0.3, -0.25) is 14.4 Å². The standard InChI is InChI=1S/C26H17ClO7/c1-32-15-6-8-20-18(10-15)25(30)19(12-33-20)17-11-22(28)34-21-9-7-16(26(31)23(17)21)24(29)13-2-4-14(27)5-3-13/h2-10,12,17,31H,11H2,1H3/t17-/m1/s1. The minimum atomic E-state index is -0.874. The highest BCUT2D eigenvalue weighted by atomic mass is 35.5. The van der Waals surface area contributed by atoms with E-state index in [2.05, 4.69) is 0 Å². The lowest BCUT2D eigenvalue weighted by Gasteiger charge is -2.26. The molecule has 0 bridgehead atoms. The van der Waals surface area contributed by atoms with Gasteiger partial charge in [-0.25, -0.2) is 0 Å². The Morgan fingerprint density at radius 1 is 1.09 bits per heavy atom. The monoisotopic (exact) mass is 476 g/mol. The fraction of sp³-hybridized carbons (Fsp3) is 0.115. The van der Waals surface area contributed by atoms with Gasteiger partial charge in [-0.15, -0.1) is 0 Å². The molecule has 1 N–H and O–H groups in total. The molecular formula is C26H17ClO7. The Morgan fingerprint density at radius 3 is 2.59 bits per heavy atom. The molecule has 8 heteroatoms. The molecule has 1 aliphatic heterocycles. The van der Waals surface area contributed by atoms with Crippen molar-refractivity contribution in [3.8, 4) is 17.2 Å². The molecule has 0 saturated heterocycles. The first-order chi connectivity index (χ1) is 16.4. The van der Waals surface area contributed by atoms with E-state index < -0.39 is 17.7 Å². The molecule has 7 nitrogen and oxygen atoms in total. The first-order valence-electron chi connectivity index (χ1n) is 10.3. The van der Waals surface area contributed by atoms with Crippen LogP contribution in [0, 0.1) is 0 Å². The lowest BCUT2D eigenvalue weighted by molar-refractivity contribution is -0.135. The number of aromatic hydroxyl groups is 1. The molecule has 2 heterocycles. The van der Waals surface area contributed by atoms with Gasteiger partial charge in [0.15, 0.2) is 11.2 Å². The van der Waals surface area contributed by atoms with Gasteiger partial charge in [0.25, 0.3) is 0 Å². The summed E-state index contributed by atoms with van der Waals surface area (Å²) in [7, 11) is 1.48. The van der Waals surface area contributed by atoms with Gasteiger partial charge in [-0.2, -0.15) is 0 Å². The molecule has 0 saturated carbocycles. The quantitative estimate of drug-likeness (QED) is 0.255. The van der Waals surface area contributed by atoms with Crippen molar-refractivity contribution in [2.75, 3.05) is 7.11 Å². The summed E-state index contributed by atoms with van der Waals surface area (Å²) in [6.07, 6.45) is 1.07. The molecule has 1 aromatic heterocycles. The van der Waals surface area contributed by atoms with Crippen LogP contribution in [0.1, 0.15) is 39.4 Å². The van der Waals surface area contributed by atoms with Crippen molar-refractivity contribution in [3.63, 3.8) is 0 Å². The van der Waals surface area contributed by atoms with Crippen molar-refractivity contribution in [2.24, 2.45) is 0 Å². The SMILES string of the molecule is COc1ccc2occ([C@H]3CC(=O)Oc4ccc(C(=O)c5ccc(Cl)cc5)c(O)c43)c(=O)c2c1. The van der Waals surface area contributed by atoms with Crippen LogP contribution in [0.4, 0.5) is 0 Å². The normalized spacial score (nSPS) is 15.0. The Hall–Kier alpha value is -4.10. The molecule has 0 unspecified atom stereocenters. The third kappa shape index (κ3) is 3.60. The number of ketones is 1. The summed E-state index contributed by atoms with van der Waals surface area (Å²) in [5, 5.41) is 11.9. The largest absolute Gasteiger partial charge is 0.507 e. The van der Waals surface area contributed by atoms with Crippen LogP contribution in [0.25, 0.3) is 11.0 Å². The Morgan fingerprint density at radius 2 is 1.85 bits per heavy atom. The molecule has 3 aromatic carbocycles. The maximum atomic E-state index is 13.4. The Kier molecular flexibility index (Phi) is 5.34. The van der Waals surface area contributed by atoms with E-state index in [0.29, 0.717) is 21.9 Å². The number of hydrogen-bond acceptors (Lipinski definition) is 7. The second-order valence-corrected chi connectivity index (χ2v) is 8.26. The maximum Gasteiger partial charge on any atom is 0.312 e. The number of phenolic OH excluding ortho intramolecular Hbond substituents is 1. The van der Waals surface area contributed by atoms with Crippen molar-refractivity contribution in [2.45, 2.75) is 12.3 Å². The topological polar surface area (TPSA) is 103 Å². The Balaban J connectivity index is 1.67. The summed E-state index contributed by atoms with van der Waals surface area (Å²) in [4.78, 5) is 38.8. The zero-order valence-corrected chi connectivity index (χ0v) is 18.6. The van der Waals surface area contributed by atoms with Gasteiger partial charge in [-0.05, 0) is 54.6 Å². The second-order valence-electron chi connectivity index (χ2n) is 7.82. The summed E-state index contributed by atoms with van der Waals surface area (Å²) in [6, 6.07) is 13.9. The molecule has 0 radical (unpaired) electrons. The van der Waals surface area contributed by atoms with Crippen LogP contribution in [0.5, 0.6) is 17.2 Å². The summed E-state index contributed by atoms with van der Waals surface area (Å²) in [6.45, 7) is 0. The summed E-state index contributed by atoms with van der Waals surface area (Å²) in [5.41, 5.74) is 0.639. The highest BCUT2D eigenvalue weighted by Crippen LogP contribution is 2.45. The van der Waals surface area contributed by atoms with Crippen LogP contribution in [-0.4, -0.2) is 24.0 Å². The van der Waals surface area contributed by atoms with Crippen LogP contribution in [0.2, 0.25) is 5.02 Å². The molecule has 1 atom stereocenters. The van der Waals surface area contributed by atoms with Gasteiger partial charge in [-0.1, -0.05) is 11.6 Å². The first kappa shape index (κ1) is 21.7. The van der Waals surface area contributed by atoms with Gasteiger partial charge in [0, 0.05) is 27.6 Å². The molecule has 4 aromatic rings. The lowest BCUT2D eigenvalue weighted by atomic mass is 9.84. The number of fused-ring (bicyclic) bond motifs is 2. The number of halogens is 1. The Labute approximate surface area is 198 Å². The van der Waals surface area contributed by atoms with E-state index in [1.54, 1.807) is 42.5 Å². The van der Waals surface area contributed by atoms with Crippen molar-refractivity contribution in [1.82, 2.24) is 0 Å². The highest BCUT2D eigenvalue weighted by molar-refractivity contribution is 6.30.